The summed E-state index contributed by atoms with van der Waals surface area (Å²) in [7, 11) is 0. The van der Waals surface area contributed by atoms with E-state index in [9.17, 15) is 19.7 Å². The number of carbonyl (C=O) groups excluding carboxylic acids is 1. The van der Waals surface area contributed by atoms with E-state index in [1.165, 1.54) is 16.7 Å². The minimum Gasteiger partial charge on any atom is -0.489 e. The van der Waals surface area contributed by atoms with Crippen LogP contribution < -0.4 is 21.3 Å². The van der Waals surface area contributed by atoms with Gasteiger partial charge in [0.1, 0.15) is 17.7 Å². The number of ether oxygens (including phenoxy) is 2. The van der Waals surface area contributed by atoms with Crippen molar-refractivity contribution in [3.63, 3.8) is 0 Å². The number of nitro groups is 1. The average Bonchev–Trinajstić information content (AvgIpc) is 3.26. The van der Waals surface area contributed by atoms with Crippen molar-refractivity contribution in [3.8, 4) is 5.75 Å². The molecule has 0 bridgehead atoms. The molecule has 10 nitrogen and oxygen atoms in total. The summed E-state index contributed by atoms with van der Waals surface area (Å²) < 4.78 is 12.6. The third-order valence-corrected chi connectivity index (χ3v) is 6.47. The maximum absolute atomic E-state index is 13.6. The van der Waals surface area contributed by atoms with Crippen LogP contribution in [0.1, 0.15) is 36.6 Å². The molecule has 40 heavy (non-hydrogen) atoms. The number of esters is 1. The van der Waals surface area contributed by atoms with Gasteiger partial charge in [-0.25, -0.2) is 9.79 Å². The summed E-state index contributed by atoms with van der Waals surface area (Å²) in [5.74, 6) is 0.0993. The largest absolute Gasteiger partial charge is 0.489 e. The van der Waals surface area contributed by atoms with E-state index in [2.05, 4.69) is 9.98 Å². The smallest absolute Gasteiger partial charge is 0.338 e. The molecular weight excluding hydrogens is 512 g/mol. The van der Waals surface area contributed by atoms with E-state index in [0.29, 0.717) is 28.0 Å². The van der Waals surface area contributed by atoms with Gasteiger partial charge in [0.25, 0.3) is 11.2 Å². The van der Waals surface area contributed by atoms with Gasteiger partial charge in [-0.1, -0.05) is 42.5 Å². The number of hydrogen-bond donors (Lipinski definition) is 1. The number of hydrogen-bond acceptors (Lipinski definition) is 7. The summed E-state index contributed by atoms with van der Waals surface area (Å²) in [5.41, 5.74) is 3.18. The van der Waals surface area contributed by atoms with Crippen molar-refractivity contribution in [2.24, 2.45) is 4.99 Å². The van der Waals surface area contributed by atoms with Crippen LogP contribution in [0.4, 0.5) is 5.69 Å². The molecule has 1 aliphatic rings. The predicted octanol–water partition coefficient (Wildman–Crippen LogP) is 3.55. The lowest BCUT2D eigenvalue weighted by Crippen LogP contribution is -2.40. The molecule has 1 aromatic heterocycles. The summed E-state index contributed by atoms with van der Waals surface area (Å²) in [5, 5.41) is 11.1. The number of allylic oxidation sites excluding steroid dienone is 1. The van der Waals surface area contributed by atoms with E-state index in [-0.39, 0.29) is 24.5 Å². The van der Waals surface area contributed by atoms with E-state index in [4.69, 9.17) is 9.47 Å². The number of benzene rings is 3. The van der Waals surface area contributed by atoms with Gasteiger partial charge in [0.2, 0.25) is 5.62 Å². The van der Waals surface area contributed by atoms with E-state index < -0.39 is 16.9 Å². The Balaban J connectivity index is 1.43. The fourth-order valence-electron chi connectivity index (χ4n) is 4.55. The Kier molecular flexibility index (Phi) is 7.41. The Morgan fingerprint density at radius 1 is 1.07 bits per heavy atom. The number of fused-ring (bicyclic) bond motifs is 1. The number of nitrogens with one attached hydrogen (secondary N) is 1. The van der Waals surface area contributed by atoms with Crippen LogP contribution in [-0.2, 0) is 16.1 Å². The minimum absolute atomic E-state index is 0.0245. The summed E-state index contributed by atoms with van der Waals surface area (Å²) in [4.78, 5) is 44.5. The van der Waals surface area contributed by atoms with Crippen LogP contribution in [-0.4, -0.2) is 27.1 Å². The molecule has 0 saturated heterocycles. The summed E-state index contributed by atoms with van der Waals surface area (Å²) >= 11 is 0. The fourth-order valence-corrected chi connectivity index (χ4v) is 4.55. The van der Waals surface area contributed by atoms with Crippen LogP contribution in [0.5, 0.6) is 5.75 Å². The van der Waals surface area contributed by atoms with Crippen LogP contribution in [0.3, 0.4) is 0 Å². The monoisotopic (exact) mass is 538 g/mol. The standard InChI is InChI=1S/C30H26N4O6/c1-3-39-29(36)26-19(2)31-30-32-25(28(35)33(30)27(26)22-7-5-4-6-8-22)17-20-11-15-24(16-12-20)40-18-21-9-13-23(14-10-21)34(37)38/h4-17,27H,3,18H2,1-2H3,(H,31,32). The van der Waals surface area contributed by atoms with Crippen LogP contribution >= 0.6 is 0 Å². The van der Waals surface area contributed by atoms with Gasteiger partial charge in [0.05, 0.1) is 28.8 Å². The number of nitro benzene ring substituents is 1. The lowest BCUT2D eigenvalue weighted by molar-refractivity contribution is -0.384. The lowest BCUT2D eigenvalue weighted by Gasteiger charge is -2.24. The maximum atomic E-state index is 13.6. The first-order chi connectivity index (χ1) is 19.4. The SMILES string of the molecule is CCOC(=O)C1=C(C)N=c2[nH]c(=Cc3ccc(OCc4ccc([N+](=O)[O-])cc4)cc3)c(=O)n2C1c1ccccc1. The van der Waals surface area contributed by atoms with Crippen molar-refractivity contribution in [3.05, 3.63) is 138 Å². The Morgan fingerprint density at radius 2 is 1.77 bits per heavy atom. The first kappa shape index (κ1) is 26.4. The van der Waals surface area contributed by atoms with E-state index in [1.54, 1.807) is 44.2 Å². The zero-order chi connectivity index (χ0) is 28.2. The van der Waals surface area contributed by atoms with Crippen molar-refractivity contribution in [2.75, 3.05) is 6.61 Å². The Hall–Kier alpha value is -5.25. The molecule has 0 amide bonds. The molecule has 0 fully saturated rings. The highest BCUT2D eigenvalue weighted by Crippen LogP contribution is 2.30. The zero-order valence-corrected chi connectivity index (χ0v) is 21.9. The van der Waals surface area contributed by atoms with E-state index >= 15 is 0 Å². The first-order valence-corrected chi connectivity index (χ1v) is 12.7. The van der Waals surface area contributed by atoms with Crippen molar-refractivity contribution >= 4 is 17.7 Å². The van der Waals surface area contributed by atoms with Crippen LogP contribution in [0.25, 0.3) is 6.08 Å². The van der Waals surface area contributed by atoms with Crippen molar-refractivity contribution in [1.29, 1.82) is 0 Å². The van der Waals surface area contributed by atoms with Gasteiger partial charge >= 0.3 is 5.97 Å². The molecule has 4 aromatic rings. The van der Waals surface area contributed by atoms with Gasteiger partial charge in [0.15, 0.2) is 0 Å². The molecule has 3 aromatic carbocycles. The molecule has 1 atom stereocenters. The third kappa shape index (κ3) is 5.32. The zero-order valence-electron chi connectivity index (χ0n) is 21.9. The van der Waals surface area contributed by atoms with Crippen molar-refractivity contribution in [2.45, 2.75) is 26.5 Å². The molecule has 0 spiro atoms. The lowest BCUT2D eigenvalue weighted by atomic mass is 9.96. The molecule has 1 unspecified atom stereocenters. The van der Waals surface area contributed by atoms with Gasteiger partial charge in [0, 0.05) is 12.1 Å². The molecule has 0 radical (unpaired) electrons. The van der Waals surface area contributed by atoms with Crippen molar-refractivity contribution in [1.82, 2.24) is 9.55 Å². The molecular formula is C30H26N4O6. The number of non-ortho nitro benzene ring substituents is 1. The maximum Gasteiger partial charge on any atom is 0.338 e. The molecule has 2 heterocycles. The Bertz CT molecular complexity index is 1770. The number of rotatable bonds is 8. The minimum atomic E-state index is -0.686. The fraction of sp³-hybridized carbons (Fsp3) is 0.167. The topological polar surface area (TPSA) is 129 Å². The molecule has 10 heteroatoms. The van der Waals surface area contributed by atoms with Gasteiger partial charge in [-0.3, -0.25) is 19.5 Å². The molecule has 202 valence electrons. The Labute approximate surface area is 228 Å². The van der Waals surface area contributed by atoms with E-state index in [1.807, 2.05) is 42.5 Å². The van der Waals surface area contributed by atoms with Crippen LogP contribution in [0, 0.1) is 10.1 Å². The van der Waals surface area contributed by atoms with E-state index in [0.717, 1.165) is 16.7 Å². The van der Waals surface area contributed by atoms with Crippen LogP contribution in [0.2, 0.25) is 0 Å². The Morgan fingerprint density at radius 3 is 2.42 bits per heavy atom. The number of aromatic amines is 1. The summed E-state index contributed by atoms with van der Waals surface area (Å²) in [6.45, 7) is 3.93. The molecule has 0 saturated carbocycles. The number of nitrogens with zero attached hydrogens (tertiary/aromatic N) is 3. The van der Waals surface area contributed by atoms with Gasteiger partial charge in [-0.2, -0.15) is 0 Å². The quantitative estimate of drug-likeness (QED) is 0.208. The summed E-state index contributed by atoms with van der Waals surface area (Å²) in [6, 6.07) is 22.0. The highest BCUT2D eigenvalue weighted by atomic mass is 16.6. The second-order valence-electron chi connectivity index (χ2n) is 9.11. The number of carbonyl (C=O) groups is 1. The van der Waals surface area contributed by atoms with Crippen LogP contribution in [0.15, 0.2) is 99.9 Å². The molecule has 5 rings (SSSR count). The average molecular weight is 539 g/mol. The molecule has 1 aliphatic heterocycles. The van der Waals surface area contributed by atoms with Gasteiger partial charge in [-0.05, 0) is 60.9 Å². The number of aromatic nitrogens is 2. The first-order valence-electron chi connectivity index (χ1n) is 12.7. The molecule has 1 N–H and O–H groups in total. The highest BCUT2D eigenvalue weighted by Gasteiger charge is 2.33. The number of imidazole rings is 1. The summed E-state index contributed by atoms with van der Waals surface area (Å²) in [6.07, 6.45) is 1.71. The third-order valence-electron chi connectivity index (χ3n) is 6.47. The normalized spacial score (nSPS) is 14.8. The molecule has 0 aliphatic carbocycles. The predicted molar refractivity (Wildman–Crippen MR) is 147 cm³/mol. The van der Waals surface area contributed by atoms with Crippen molar-refractivity contribution < 1.29 is 19.2 Å². The van der Waals surface area contributed by atoms with Gasteiger partial charge in [-0.15, -0.1) is 0 Å². The number of H-pyrrole nitrogens is 1. The van der Waals surface area contributed by atoms with Gasteiger partial charge < -0.3 is 14.5 Å². The second kappa shape index (κ2) is 11.2. The second-order valence-corrected chi connectivity index (χ2v) is 9.11. The highest BCUT2D eigenvalue weighted by molar-refractivity contribution is 5.91.